The topological polar surface area (TPSA) is 61.4 Å². The Hall–Kier alpha value is -1.55. The summed E-state index contributed by atoms with van der Waals surface area (Å²) in [6.45, 7) is 9.46. The predicted molar refractivity (Wildman–Crippen MR) is 77.2 cm³/mol. The van der Waals surface area contributed by atoms with Gasteiger partial charge in [0.1, 0.15) is 0 Å². The maximum absolute atomic E-state index is 11.9. The van der Waals surface area contributed by atoms with Gasteiger partial charge in [-0.3, -0.25) is 0 Å². The Morgan fingerprint density at radius 3 is 2.58 bits per heavy atom. The zero-order valence-electron chi connectivity index (χ0n) is 12.4. The van der Waals surface area contributed by atoms with Crippen molar-refractivity contribution in [3.63, 3.8) is 0 Å². The van der Waals surface area contributed by atoms with Gasteiger partial charge in [0.25, 0.3) is 0 Å². The van der Waals surface area contributed by atoms with Crippen LogP contribution in [0.3, 0.4) is 0 Å². The summed E-state index contributed by atoms with van der Waals surface area (Å²) in [5, 5.41) is 14.8. The molecular weight excluding hydrogens is 240 g/mol. The van der Waals surface area contributed by atoms with Gasteiger partial charge in [-0.2, -0.15) is 0 Å². The van der Waals surface area contributed by atoms with Crippen LogP contribution in [0.5, 0.6) is 0 Å². The van der Waals surface area contributed by atoms with Crippen molar-refractivity contribution in [3.8, 4) is 0 Å². The lowest BCUT2D eigenvalue weighted by atomic mass is 10.00. The third-order valence-electron chi connectivity index (χ3n) is 3.10. The Bertz CT molecular complexity index is 455. The summed E-state index contributed by atoms with van der Waals surface area (Å²) in [6.07, 6.45) is 0. The molecule has 0 aliphatic rings. The monoisotopic (exact) mass is 264 g/mol. The van der Waals surface area contributed by atoms with Crippen molar-refractivity contribution >= 4 is 6.03 Å². The van der Waals surface area contributed by atoms with Crippen LogP contribution in [0.1, 0.15) is 43.5 Å². The Morgan fingerprint density at radius 2 is 2.00 bits per heavy atom. The Labute approximate surface area is 115 Å². The molecule has 1 atom stereocenters. The quantitative estimate of drug-likeness (QED) is 0.782. The maximum Gasteiger partial charge on any atom is 0.315 e. The van der Waals surface area contributed by atoms with Crippen molar-refractivity contribution in [1.82, 2.24) is 10.6 Å². The molecule has 1 aromatic carbocycles. The number of amides is 2. The minimum Gasteiger partial charge on any atom is -0.394 e. The van der Waals surface area contributed by atoms with Crippen LogP contribution in [0.4, 0.5) is 4.79 Å². The average molecular weight is 264 g/mol. The Kier molecular flexibility index (Phi) is 4.95. The highest BCUT2D eigenvalue weighted by Gasteiger charge is 2.20. The van der Waals surface area contributed by atoms with Crippen molar-refractivity contribution in [2.45, 2.75) is 46.2 Å². The van der Waals surface area contributed by atoms with E-state index in [2.05, 4.69) is 28.8 Å². The van der Waals surface area contributed by atoms with Crippen LogP contribution in [0.2, 0.25) is 0 Å². The molecule has 0 heterocycles. The van der Waals surface area contributed by atoms with E-state index in [9.17, 15) is 4.79 Å². The minimum absolute atomic E-state index is 0.0746. The van der Waals surface area contributed by atoms with Gasteiger partial charge in [0.15, 0.2) is 0 Å². The normalized spacial score (nSPS) is 12.9. The summed E-state index contributed by atoms with van der Waals surface area (Å²) in [7, 11) is 0. The molecule has 0 spiro atoms. The molecule has 106 valence electrons. The van der Waals surface area contributed by atoms with Crippen molar-refractivity contribution < 1.29 is 9.90 Å². The van der Waals surface area contributed by atoms with Gasteiger partial charge in [-0.05, 0) is 45.7 Å². The zero-order chi connectivity index (χ0) is 14.6. The third kappa shape index (κ3) is 4.56. The predicted octanol–water partition coefficient (Wildman–Crippen LogP) is 2.43. The zero-order valence-corrected chi connectivity index (χ0v) is 12.4. The molecule has 1 rings (SSSR count). The fourth-order valence-corrected chi connectivity index (χ4v) is 1.88. The molecule has 4 nitrogen and oxygen atoms in total. The van der Waals surface area contributed by atoms with Gasteiger partial charge in [-0.1, -0.05) is 23.8 Å². The molecular formula is C15H24N2O2. The number of hydrogen-bond acceptors (Lipinski definition) is 2. The lowest BCUT2D eigenvalue weighted by Crippen LogP contribution is -2.50. The molecule has 4 heteroatoms. The first kappa shape index (κ1) is 15.5. The van der Waals surface area contributed by atoms with E-state index in [1.807, 2.05) is 20.8 Å². The molecule has 0 saturated carbocycles. The summed E-state index contributed by atoms with van der Waals surface area (Å²) < 4.78 is 0. The fourth-order valence-electron chi connectivity index (χ4n) is 1.88. The molecule has 0 bridgehead atoms. The molecule has 1 aromatic rings. The van der Waals surface area contributed by atoms with E-state index in [0.717, 1.165) is 11.1 Å². The molecule has 0 saturated heterocycles. The smallest absolute Gasteiger partial charge is 0.315 e. The van der Waals surface area contributed by atoms with Crippen molar-refractivity contribution in [2.75, 3.05) is 6.61 Å². The molecule has 0 aliphatic heterocycles. The van der Waals surface area contributed by atoms with Gasteiger partial charge in [0.2, 0.25) is 0 Å². The number of hydrogen-bond donors (Lipinski definition) is 3. The lowest BCUT2D eigenvalue weighted by Gasteiger charge is -2.25. The Morgan fingerprint density at radius 1 is 1.37 bits per heavy atom. The van der Waals surface area contributed by atoms with Crippen LogP contribution in [0.15, 0.2) is 18.2 Å². The van der Waals surface area contributed by atoms with E-state index >= 15 is 0 Å². The van der Waals surface area contributed by atoms with Crippen LogP contribution in [0.25, 0.3) is 0 Å². The fraction of sp³-hybridized carbons (Fsp3) is 0.533. The number of aliphatic hydroxyl groups is 1. The molecule has 0 aliphatic carbocycles. The number of carbonyl (C=O) groups excluding carboxylic acids is 1. The third-order valence-corrected chi connectivity index (χ3v) is 3.10. The number of benzene rings is 1. The average Bonchev–Trinajstić information content (AvgIpc) is 2.31. The van der Waals surface area contributed by atoms with Crippen molar-refractivity contribution in [1.29, 1.82) is 0 Å². The number of aryl methyl sites for hydroxylation is 2. The highest BCUT2D eigenvalue weighted by molar-refractivity contribution is 5.75. The highest BCUT2D eigenvalue weighted by atomic mass is 16.3. The molecule has 0 radical (unpaired) electrons. The SMILES string of the molecule is Cc1ccc(C)c([C@@H](C)NC(=O)NC(C)(C)CO)c1. The summed E-state index contributed by atoms with van der Waals surface area (Å²) in [5.41, 5.74) is 2.81. The molecule has 2 amide bonds. The largest absolute Gasteiger partial charge is 0.394 e. The molecule has 0 fully saturated rings. The molecule has 0 aromatic heterocycles. The summed E-state index contributed by atoms with van der Waals surface area (Å²) in [4.78, 5) is 11.9. The molecule has 3 N–H and O–H groups in total. The highest BCUT2D eigenvalue weighted by Crippen LogP contribution is 2.18. The first-order valence-electron chi connectivity index (χ1n) is 6.52. The second kappa shape index (κ2) is 6.06. The number of urea groups is 1. The van der Waals surface area contributed by atoms with E-state index in [4.69, 9.17) is 5.11 Å². The summed E-state index contributed by atoms with van der Waals surface area (Å²) >= 11 is 0. The second-order valence-corrected chi connectivity index (χ2v) is 5.72. The Balaban J connectivity index is 2.72. The van der Waals surface area contributed by atoms with Crippen molar-refractivity contribution in [2.24, 2.45) is 0 Å². The van der Waals surface area contributed by atoms with Gasteiger partial charge in [-0.25, -0.2) is 4.79 Å². The summed E-state index contributed by atoms with van der Waals surface area (Å²) in [6, 6.07) is 5.85. The van der Waals surface area contributed by atoms with E-state index in [0.29, 0.717) is 0 Å². The number of rotatable bonds is 4. The number of carbonyl (C=O) groups is 1. The molecule has 0 unspecified atom stereocenters. The van der Waals surface area contributed by atoms with Crippen molar-refractivity contribution in [3.05, 3.63) is 34.9 Å². The van der Waals surface area contributed by atoms with E-state index < -0.39 is 5.54 Å². The summed E-state index contributed by atoms with van der Waals surface area (Å²) in [5.74, 6) is 0. The standard InChI is InChI=1S/C15H24N2O2/c1-10-6-7-11(2)13(8-10)12(3)16-14(19)17-15(4,5)9-18/h6-8,12,18H,9H2,1-5H3,(H2,16,17,19)/t12-/m1/s1. The first-order chi connectivity index (χ1) is 8.75. The maximum atomic E-state index is 11.9. The van der Waals surface area contributed by atoms with Gasteiger partial charge < -0.3 is 15.7 Å². The van der Waals surface area contributed by atoms with Gasteiger partial charge in [0, 0.05) is 0 Å². The minimum atomic E-state index is -0.620. The van der Waals surface area contributed by atoms with Crippen LogP contribution in [-0.4, -0.2) is 23.3 Å². The van der Waals surface area contributed by atoms with E-state index in [-0.39, 0.29) is 18.7 Å². The number of aliphatic hydroxyl groups excluding tert-OH is 1. The van der Waals surface area contributed by atoms with E-state index in [1.165, 1.54) is 5.56 Å². The van der Waals surface area contributed by atoms with E-state index in [1.54, 1.807) is 13.8 Å². The first-order valence-corrected chi connectivity index (χ1v) is 6.52. The second-order valence-electron chi connectivity index (χ2n) is 5.72. The van der Waals surface area contributed by atoms with Gasteiger partial charge in [-0.15, -0.1) is 0 Å². The van der Waals surface area contributed by atoms with Crippen LogP contribution in [0, 0.1) is 13.8 Å². The number of nitrogens with one attached hydrogen (secondary N) is 2. The van der Waals surface area contributed by atoms with Gasteiger partial charge >= 0.3 is 6.03 Å². The van der Waals surface area contributed by atoms with Crippen LogP contribution < -0.4 is 10.6 Å². The van der Waals surface area contributed by atoms with Crippen LogP contribution in [-0.2, 0) is 0 Å². The van der Waals surface area contributed by atoms with Crippen LogP contribution >= 0.6 is 0 Å². The van der Waals surface area contributed by atoms with Gasteiger partial charge in [0.05, 0.1) is 18.2 Å². The molecule has 19 heavy (non-hydrogen) atoms. The lowest BCUT2D eigenvalue weighted by molar-refractivity contribution is 0.180.